The van der Waals surface area contributed by atoms with Gasteiger partial charge >= 0.3 is 11.9 Å². The molecule has 0 bridgehead atoms. The number of methoxy groups -OCH3 is 1. The summed E-state index contributed by atoms with van der Waals surface area (Å²) in [6.07, 6.45) is 1.98. The lowest BCUT2D eigenvalue weighted by atomic mass is 10.4. The predicted octanol–water partition coefficient (Wildman–Crippen LogP) is -0.218. The monoisotopic (exact) mass is 157 g/mol. The number of rotatable bonds is 0. The van der Waals surface area contributed by atoms with E-state index in [0.29, 0.717) is 13.1 Å². The smallest absolute Gasteiger partial charge is 0.396 e. The van der Waals surface area contributed by atoms with Crippen LogP contribution in [-0.2, 0) is 14.3 Å². The van der Waals surface area contributed by atoms with Crippen LogP contribution in [0.3, 0.4) is 0 Å². The second-order valence-electron chi connectivity index (χ2n) is 2.49. The minimum absolute atomic E-state index is 0.509. The number of esters is 1. The van der Waals surface area contributed by atoms with Gasteiger partial charge in [-0.2, -0.15) is 0 Å². The van der Waals surface area contributed by atoms with Crippen molar-refractivity contribution in [1.82, 2.24) is 4.90 Å². The van der Waals surface area contributed by atoms with E-state index in [0.717, 1.165) is 12.8 Å². The number of hydrogen-bond donors (Lipinski definition) is 0. The lowest BCUT2D eigenvalue weighted by Crippen LogP contribution is -2.34. The molecule has 0 saturated carbocycles. The largest absolute Gasteiger partial charge is 0.462 e. The van der Waals surface area contributed by atoms with Crippen molar-refractivity contribution >= 4 is 11.9 Å². The minimum atomic E-state index is -0.758. The lowest BCUT2D eigenvalue weighted by Gasteiger charge is -2.12. The van der Waals surface area contributed by atoms with Crippen LogP contribution in [0.5, 0.6) is 0 Å². The van der Waals surface area contributed by atoms with Gasteiger partial charge in [0, 0.05) is 13.1 Å². The Morgan fingerprint density at radius 2 is 1.82 bits per heavy atom. The molecule has 4 heteroatoms. The molecule has 1 aliphatic heterocycles. The second kappa shape index (κ2) is 3.37. The Balaban J connectivity index is 2.46. The van der Waals surface area contributed by atoms with Gasteiger partial charge in [0.25, 0.3) is 0 Å². The highest BCUT2D eigenvalue weighted by Crippen LogP contribution is 2.07. The molecule has 0 spiro atoms. The molecule has 62 valence electrons. The van der Waals surface area contributed by atoms with Crippen molar-refractivity contribution in [2.45, 2.75) is 12.8 Å². The maximum Gasteiger partial charge on any atom is 0.396 e. The molecule has 0 N–H and O–H groups in total. The molecule has 0 aromatic carbocycles. The molecule has 0 atom stereocenters. The Labute approximate surface area is 65.1 Å². The van der Waals surface area contributed by atoms with E-state index in [1.165, 1.54) is 12.0 Å². The third kappa shape index (κ3) is 1.69. The fraction of sp³-hybridized carbons (Fsp3) is 0.714. The number of carbonyl (C=O) groups excluding carboxylic acids is 2. The minimum Gasteiger partial charge on any atom is -0.462 e. The Bertz CT molecular complexity index is 173. The number of hydrogen-bond acceptors (Lipinski definition) is 3. The maximum absolute atomic E-state index is 11.0. The number of carbonyl (C=O) groups is 2. The Morgan fingerprint density at radius 1 is 1.27 bits per heavy atom. The zero-order chi connectivity index (χ0) is 8.27. The molecule has 1 heterocycles. The summed E-state index contributed by atoms with van der Waals surface area (Å²) >= 11 is 0. The molecule has 1 amide bonds. The Morgan fingerprint density at radius 3 is 2.27 bits per heavy atom. The van der Waals surface area contributed by atoms with Gasteiger partial charge in [-0.3, -0.25) is 4.79 Å². The molecular weight excluding hydrogens is 146 g/mol. The van der Waals surface area contributed by atoms with Crippen LogP contribution in [0.4, 0.5) is 0 Å². The first-order valence-corrected chi connectivity index (χ1v) is 3.63. The number of amides is 1. The highest BCUT2D eigenvalue weighted by molar-refractivity contribution is 6.32. The van der Waals surface area contributed by atoms with Gasteiger partial charge < -0.3 is 9.64 Å². The Kier molecular flexibility index (Phi) is 2.46. The van der Waals surface area contributed by atoms with Crippen LogP contribution in [-0.4, -0.2) is 37.0 Å². The fourth-order valence-electron chi connectivity index (χ4n) is 1.14. The van der Waals surface area contributed by atoms with E-state index in [4.69, 9.17) is 0 Å². The van der Waals surface area contributed by atoms with Gasteiger partial charge in [0.2, 0.25) is 0 Å². The third-order valence-corrected chi connectivity index (χ3v) is 1.75. The average molecular weight is 157 g/mol. The van der Waals surface area contributed by atoms with Crippen molar-refractivity contribution in [2.75, 3.05) is 20.2 Å². The van der Waals surface area contributed by atoms with Crippen LogP contribution in [0.1, 0.15) is 12.8 Å². The topological polar surface area (TPSA) is 46.6 Å². The van der Waals surface area contributed by atoms with Crippen molar-refractivity contribution in [1.29, 1.82) is 0 Å². The van der Waals surface area contributed by atoms with Crippen molar-refractivity contribution < 1.29 is 14.3 Å². The molecule has 1 fully saturated rings. The first-order chi connectivity index (χ1) is 5.25. The van der Waals surface area contributed by atoms with Crippen LogP contribution in [0.2, 0.25) is 0 Å². The molecule has 0 unspecified atom stereocenters. The summed E-state index contributed by atoms with van der Waals surface area (Å²) in [5, 5.41) is 0. The number of nitrogens with zero attached hydrogens (tertiary/aromatic N) is 1. The van der Waals surface area contributed by atoms with Crippen molar-refractivity contribution in [3.8, 4) is 0 Å². The predicted molar refractivity (Wildman–Crippen MR) is 37.8 cm³/mol. The summed E-state index contributed by atoms with van der Waals surface area (Å²) in [5.41, 5.74) is 0. The standard InChI is InChI=1S/C7H11NO3/c1-11-7(10)6(9)8-4-2-3-5-8/h2-5H2,1H3. The summed E-state index contributed by atoms with van der Waals surface area (Å²) in [7, 11) is 1.22. The van der Waals surface area contributed by atoms with Gasteiger partial charge in [0.05, 0.1) is 7.11 Å². The zero-order valence-corrected chi connectivity index (χ0v) is 6.50. The zero-order valence-electron chi connectivity index (χ0n) is 6.50. The van der Waals surface area contributed by atoms with Gasteiger partial charge in [0.15, 0.2) is 0 Å². The summed E-state index contributed by atoms with van der Waals surface area (Å²) in [4.78, 5) is 23.2. The molecule has 0 aromatic rings. The summed E-state index contributed by atoms with van der Waals surface area (Å²) < 4.78 is 4.29. The molecular formula is C7H11NO3. The molecule has 11 heavy (non-hydrogen) atoms. The van der Waals surface area contributed by atoms with Crippen molar-refractivity contribution in [2.24, 2.45) is 0 Å². The highest BCUT2D eigenvalue weighted by atomic mass is 16.5. The molecule has 0 aliphatic carbocycles. The van der Waals surface area contributed by atoms with Gasteiger partial charge in [-0.25, -0.2) is 4.79 Å². The van der Waals surface area contributed by atoms with E-state index in [1.807, 2.05) is 0 Å². The van der Waals surface area contributed by atoms with Gasteiger partial charge in [-0.15, -0.1) is 0 Å². The number of likely N-dealkylation sites (tertiary alicyclic amines) is 1. The molecule has 1 saturated heterocycles. The molecule has 0 radical (unpaired) electrons. The van der Waals surface area contributed by atoms with Crippen LogP contribution in [0.25, 0.3) is 0 Å². The number of ether oxygens (including phenoxy) is 1. The van der Waals surface area contributed by atoms with Crippen LogP contribution in [0, 0.1) is 0 Å². The van der Waals surface area contributed by atoms with E-state index in [-0.39, 0.29) is 0 Å². The summed E-state index contributed by atoms with van der Waals surface area (Å²) in [6, 6.07) is 0. The van der Waals surface area contributed by atoms with E-state index in [2.05, 4.69) is 4.74 Å². The molecule has 1 aliphatic rings. The quantitative estimate of drug-likeness (QED) is 0.361. The first kappa shape index (κ1) is 8.04. The van der Waals surface area contributed by atoms with E-state index in [1.54, 1.807) is 0 Å². The molecule has 4 nitrogen and oxygen atoms in total. The van der Waals surface area contributed by atoms with E-state index in [9.17, 15) is 9.59 Å². The molecule has 1 rings (SSSR count). The summed E-state index contributed by atoms with van der Waals surface area (Å²) in [5.74, 6) is -1.27. The van der Waals surface area contributed by atoms with Gasteiger partial charge in [0.1, 0.15) is 0 Å². The van der Waals surface area contributed by atoms with Gasteiger partial charge in [-0.05, 0) is 12.8 Å². The third-order valence-electron chi connectivity index (χ3n) is 1.75. The lowest BCUT2D eigenvalue weighted by molar-refractivity contribution is -0.157. The van der Waals surface area contributed by atoms with Gasteiger partial charge in [-0.1, -0.05) is 0 Å². The SMILES string of the molecule is COC(=O)C(=O)N1CCCC1. The maximum atomic E-state index is 11.0. The average Bonchev–Trinajstić information content (AvgIpc) is 2.53. The first-order valence-electron chi connectivity index (χ1n) is 3.63. The summed E-state index contributed by atoms with van der Waals surface area (Å²) in [6.45, 7) is 1.38. The highest BCUT2D eigenvalue weighted by Gasteiger charge is 2.24. The van der Waals surface area contributed by atoms with E-state index >= 15 is 0 Å². The van der Waals surface area contributed by atoms with Crippen LogP contribution < -0.4 is 0 Å². The molecule has 0 aromatic heterocycles. The normalized spacial score (nSPS) is 16.6. The van der Waals surface area contributed by atoms with Crippen molar-refractivity contribution in [3.63, 3.8) is 0 Å². The van der Waals surface area contributed by atoms with Crippen molar-refractivity contribution in [3.05, 3.63) is 0 Å². The second-order valence-corrected chi connectivity index (χ2v) is 2.49. The fourth-order valence-corrected chi connectivity index (χ4v) is 1.14. The Hall–Kier alpha value is -1.06. The van der Waals surface area contributed by atoms with Crippen LogP contribution in [0.15, 0.2) is 0 Å². The van der Waals surface area contributed by atoms with E-state index < -0.39 is 11.9 Å². The van der Waals surface area contributed by atoms with Crippen LogP contribution >= 0.6 is 0 Å².